The van der Waals surface area contributed by atoms with Crippen molar-refractivity contribution in [2.75, 3.05) is 18.5 Å². The van der Waals surface area contributed by atoms with E-state index < -0.39 is 23.4 Å². The van der Waals surface area contributed by atoms with Gasteiger partial charge >= 0.3 is 11.9 Å². The fraction of sp³-hybridized carbons (Fsp3) is 0.318. The van der Waals surface area contributed by atoms with Gasteiger partial charge in [-0.05, 0) is 44.5 Å². The minimum absolute atomic E-state index is 0.189. The van der Waals surface area contributed by atoms with E-state index in [0.29, 0.717) is 17.1 Å². The predicted molar refractivity (Wildman–Crippen MR) is 116 cm³/mol. The van der Waals surface area contributed by atoms with Crippen molar-refractivity contribution in [3.8, 4) is 0 Å². The Morgan fingerprint density at radius 2 is 1.79 bits per heavy atom. The fourth-order valence-corrected chi connectivity index (χ4v) is 3.75. The van der Waals surface area contributed by atoms with Gasteiger partial charge in [0, 0.05) is 4.47 Å². The largest absolute Gasteiger partial charge is 0.465 e. The molecule has 0 radical (unpaired) electrons. The zero-order valence-electron chi connectivity index (χ0n) is 16.6. The number of benzene rings is 2. The molecule has 0 aliphatic carbocycles. The smallest absolute Gasteiger partial charge is 0.332 e. The second-order valence-electron chi connectivity index (χ2n) is 6.76. The van der Waals surface area contributed by atoms with Gasteiger partial charge in [0.05, 0.1) is 30.3 Å². The molecule has 1 aliphatic rings. The normalized spacial score (nSPS) is 20.6. The number of aliphatic imine (C=N–C) groups is 1. The van der Waals surface area contributed by atoms with Crippen LogP contribution in [0.2, 0.25) is 0 Å². The van der Waals surface area contributed by atoms with Gasteiger partial charge in [0.1, 0.15) is 5.92 Å². The molecule has 6 nitrogen and oxygen atoms in total. The summed E-state index contributed by atoms with van der Waals surface area (Å²) in [5.74, 6) is -2.09. The number of rotatable bonds is 5. The summed E-state index contributed by atoms with van der Waals surface area (Å²) in [5, 5.41) is 3.23. The Hall–Kier alpha value is -2.67. The quantitative estimate of drug-likeness (QED) is 0.667. The van der Waals surface area contributed by atoms with Gasteiger partial charge in [-0.2, -0.15) is 0 Å². The molecule has 0 saturated carbocycles. The number of nitrogens with one attached hydrogen (secondary N) is 1. The van der Waals surface area contributed by atoms with Crippen molar-refractivity contribution in [3.63, 3.8) is 0 Å². The number of fused-ring (bicyclic) bond motifs is 1. The van der Waals surface area contributed by atoms with E-state index in [-0.39, 0.29) is 13.2 Å². The van der Waals surface area contributed by atoms with Gasteiger partial charge in [-0.1, -0.05) is 46.3 Å². The summed E-state index contributed by atoms with van der Waals surface area (Å²) in [7, 11) is 0. The van der Waals surface area contributed by atoms with E-state index in [1.807, 2.05) is 48.5 Å². The molecule has 1 aliphatic heterocycles. The first-order chi connectivity index (χ1) is 13.9. The molecule has 0 bridgehead atoms. The zero-order valence-corrected chi connectivity index (χ0v) is 18.2. The molecule has 1 N–H and O–H groups in total. The summed E-state index contributed by atoms with van der Waals surface area (Å²) in [6, 6.07) is 14.8. The molecule has 3 rings (SSSR count). The molecule has 2 aromatic rings. The van der Waals surface area contributed by atoms with Crippen LogP contribution in [-0.2, 0) is 19.1 Å². The summed E-state index contributed by atoms with van der Waals surface area (Å²) in [5.41, 5.74) is 1.01. The maximum absolute atomic E-state index is 13.1. The van der Waals surface area contributed by atoms with Crippen molar-refractivity contribution < 1.29 is 19.1 Å². The molecule has 0 spiro atoms. The van der Waals surface area contributed by atoms with Crippen molar-refractivity contribution in [2.45, 2.75) is 26.3 Å². The Morgan fingerprint density at radius 1 is 1.10 bits per heavy atom. The second kappa shape index (κ2) is 8.78. The summed E-state index contributed by atoms with van der Waals surface area (Å²) < 4.78 is 11.5. The van der Waals surface area contributed by atoms with E-state index in [2.05, 4.69) is 21.2 Å². The van der Waals surface area contributed by atoms with Gasteiger partial charge in [-0.3, -0.25) is 4.79 Å². The topological polar surface area (TPSA) is 77.0 Å². The van der Waals surface area contributed by atoms with Gasteiger partial charge in [0.2, 0.25) is 0 Å². The Kier molecular flexibility index (Phi) is 6.37. The molecular weight excluding hydrogens is 436 g/mol. The number of hydrogen-bond donors (Lipinski definition) is 1. The van der Waals surface area contributed by atoms with Crippen LogP contribution in [0.3, 0.4) is 0 Å². The van der Waals surface area contributed by atoms with Crippen LogP contribution in [0.1, 0.15) is 26.3 Å². The number of anilines is 1. The van der Waals surface area contributed by atoms with Crippen LogP contribution in [0.4, 0.5) is 11.4 Å². The summed E-state index contributed by atoms with van der Waals surface area (Å²) in [6.07, 6.45) is 0. The van der Waals surface area contributed by atoms with Crippen LogP contribution < -0.4 is 5.32 Å². The highest BCUT2D eigenvalue weighted by molar-refractivity contribution is 9.10. The number of esters is 2. The van der Waals surface area contributed by atoms with E-state index in [1.54, 1.807) is 20.8 Å². The van der Waals surface area contributed by atoms with E-state index >= 15 is 0 Å². The first kappa shape index (κ1) is 21.0. The lowest BCUT2D eigenvalue weighted by atomic mass is 9.79. The number of carbonyl (C=O) groups excluding carboxylic acids is 2. The minimum Gasteiger partial charge on any atom is -0.465 e. The van der Waals surface area contributed by atoms with Gasteiger partial charge in [-0.25, -0.2) is 9.79 Å². The molecule has 0 fully saturated rings. The van der Waals surface area contributed by atoms with Crippen LogP contribution in [0.25, 0.3) is 0 Å². The third-order valence-corrected chi connectivity index (χ3v) is 5.23. The fourth-order valence-electron chi connectivity index (χ4n) is 3.39. The molecule has 0 saturated heterocycles. The standard InChI is InChI=1S/C22H23BrN2O4/c1-4-28-20(26)18-19(14-9-7-6-8-10-14)24-16-12-11-15(23)13-17(16)25-22(18,3)21(27)29-5-2/h6-13,18,25H,4-5H2,1-3H3. The third kappa shape index (κ3) is 4.19. The molecule has 152 valence electrons. The highest BCUT2D eigenvalue weighted by Gasteiger charge is 2.52. The number of carbonyl (C=O) groups is 2. The van der Waals surface area contributed by atoms with E-state index in [9.17, 15) is 9.59 Å². The summed E-state index contributed by atoms with van der Waals surface area (Å²) in [6.45, 7) is 5.49. The molecule has 7 heteroatoms. The van der Waals surface area contributed by atoms with Crippen LogP contribution >= 0.6 is 15.9 Å². The lowest BCUT2D eigenvalue weighted by molar-refractivity contribution is -0.157. The molecular formula is C22H23BrN2O4. The Balaban J connectivity index is 2.28. The lowest BCUT2D eigenvalue weighted by Gasteiger charge is -2.34. The minimum atomic E-state index is -1.41. The highest BCUT2D eigenvalue weighted by Crippen LogP contribution is 2.39. The number of nitrogens with zero attached hydrogens (tertiary/aromatic N) is 1. The van der Waals surface area contributed by atoms with E-state index in [1.165, 1.54) is 0 Å². The SMILES string of the molecule is CCOC(=O)C1C(c2ccccc2)=Nc2ccc(Br)cc2NC1(C)C(=O)OCC. The van der Waals surface area contributed by atoms with Crippen LogP contribution in [0, 0.1) is 5.92 Å². The maximum Gasteiger partial charge on any atom is 0.332 e. The zero-order chi connectivity index (χ0) is 21.0. The molecule has 29 heavy (non-hydrogen) atoms. The van der Waals surface area contributed by atoms with Crippen molar-refractivity contribution in [1.82, 2.24) is 0 Å². The molecule has 2 atom stereocenters. The van der Waals surface area contributed by atoms with Gasteiger partial charge < -0.3 is 14.8 Å². The number of halogens is 1. The maximum atomic E-state index is 13.1. The summed E-state index contributed by atoms with van der Waals surface area (Å²) >= 11 is 3.45. The van der Waals surface area contributed by atoms with E-state index in [4.69, 9.17) is 14.5 Å². The van der Waals surface area contributed by atoms with Gasteiger partial charge in [0.15, 0.2) is 5.54 Å². The molecule has 0 aromatic heterocycles. The monoisotopic (exact) mass is 458 g/mol. The third-order valence-electron chi connectivity index (χ3n) is 4.74. The predicted octanol–water partition coefficient (Wildman–Crippen LogP) is 4.50. The number of ether oxygens (including phenoxy) is 2. The van der Waals surface area contributed by atoms with Crippen LogP contribution in [0.5, 0.6) is 0 Å². The van der Waals surface area contributed by atoms with Crippen molar-refractivity contribution in [1.29, 1.82) is 0 Å². The Bertz CT molecular complexity index is 945. The van der Waals surface area contributed by atoms with Gasteiger partial charge in [0.25, 0.3) is 0 Å². The second-order valence-corrected chi connectivity index (χ2v) is 7.67. The van der Waals surface area contributed by atoms with Gasteiger partial charge in [-0.15, -0.1) is 0 Å². The molecule has 1 heterocycles. The average molecular weight is 459 g/mol. The Morgan fingerprint density at radius 3 is 2.45 bits per heavy atom. The summed E-state index contributed by atoms with van der Waals surface area (Å²) in [4.78, 5) is 31.0. The van der Waals surface area contributed by atoms with Crippen LogP contribution in [0.15, 0.2) is 58.0 Å². The molecule has 0 amide bonds. The average Bonchev–Trinajstić information content (AvgIpc) is 2.83. The molecule has 2 unspecified atom stereocenters. The highest BCUT2D eigenvalue weighted by atomic mass is 79.9. The van der Waals surface area contributed by atoms with Crippen LogP contribution in [-0.4, -0.2) is 36.4 Å². The Labute approximate surface area is 178 Å². The molecule has 2 aromatic carbocycles. The van der Waals surface area contributed by atoms with E-state index in [0.717, 1.165) is 10.0 Å². The lowest BCUT2D eigenvalue weighted by Crippen LogP contribution is -2.56. The number of hydrogen-bond acceptors (Lipinski definition) is 6. The first-order valence-corrected chi connectivity index (χ1v) is 10.3. The van der Waals surface area contributed by atoms with Crippen molar-refractivity contribution in [3.05, 3.63) is 58.6 Å². The van der Waals surface area contributed by atoms with Crippen molar-refractivity contribution >= 4 is 45.0 Å². The van der Waals surface area contributed by atoms with Crippen molar-refractivity contribution in [2.24, 2.45) is 10.9 Å². The first-order valence-electron chi connectivity index (χ1n) is 9.46.